The van der Waals surface area contributed by atoms with Crippen molar-refractivity contribution in [2.24, 2.45) is 0 Å². The Morgan fingerprint density at radius 3 is 2.55 bits per heavy atom. The van der Waals surface area contributed by atoms with E-state index in [-0.39, 0.29) is 22.6 Å². The Balaban J connectivity index is 1.34. The van der Waals surface area contributed by atoms with E-state index in [1.165, 1.54) is 29.5 Å². The predicted octanol–water partition coefficient (Wildman–Crippen LogP) is 5.17. The van der Waals surface area contributed by atoms with E-state index in [9.17, 15) is 14.4 Å². The van der Waals surface area contributed by atoms with Gasteiger partial charge in [-0.3, -0.25) is 9.59 Å². The number of esters is 1. The highest BCUT2D eigenvalue weighted by molar-refractivity contribution is 7.13. The molecular weight excluding hydrogens is 466 g/mol. The van der Waals surface area contributed by atoms with E-state index >= 15 is 0 Å². The second-order valence-electron chi connectivity index (χ2n) is 7.15. The summed E-state index contributed by atoms with van der Waals surface area (Å²) in [6.45, 7) is 1.61. The maximum Gasteiger partial charge on any atom is 0.338 e. The molecule has 5 rings (SSSR count). The van der Waals surface area contributed by atoms with Gasteiger partial charge in [0.2, 0.25) is 0 Å². The average molecular weight is 480 g/mol. The van der Waals surface area contributed by atoms with Crippen LogP contribution in [0.2, 0.25) is 5.02 Å². The van der Waals surface area contributed by atoms with Crippen LogP contribution in [0.3, 0.4) is 0 Å². The summed E-state index contributed by atoms with van der Waals surface area (Å²) in [5.74, 6) is -1.21. The van der Waals surface area contributed by atoms with Crippen molar-refractivity contribution in [3.63, 3.8) is 0 Å². The van der Waals surface area contributed by atoms with Gasteiger partial charge >= 0.3 is 5.97 Å². The standard InChI is InChI=1S/C23H14ClN3O5S/c1-12(19-25-26-20(32-19)18-3-2-10-33-18)31-23(30)13-4-9-16-17(11-13)22(29)27(21(16)28)15-7-5-14(24)6-8-15/h2-12H,1H3. The summed E-state index contributed by atoms with van der Waals surface area (Å²) in [4.78, 5) is 40.2. The quantitative estimate of drug-likeness (QED) is 0.287. The first-order chi connectivity index (χ1) is 15.9. The summed E-state index contributed by atoms with van der Waals surface area (Å²) in [5.41, 5.74) is 0.839. The van der Waals surface area contributed by atoms with Crippen LogP contribution in [0.4, 0.5) is 5.69 Å². The van der Waals surface area contributed by atoms with Crippen molar-refractivity contribution in [1.82, 2.24) is 10.2 Å². The summed E-state index contributed by atoms with van der Waals surface area (Å²) in [6, 6.07) is 14.3. The molecule has 0 bridgehead atoms. The number of halogens is 1. The Bertz CT molecular complexity index is 1380. The molecule has 10 heteroatoms. The molecule has 3 heterocycles. The molecule has 0 radical (unpaired) electrons. The molecular formula is C23H14ClN3O5S. The first kappa shape index (κ1) is 21.0. The van der Waals surface area contributed by atoms with Crippen LogP contribution < -0.4 is 4.90 Å². The van der Waals surface area contributed by atoms with Gasteiger partial charge in [0.25, 0.3) is 23.6 Å². The van der Waals surface area contributed by atoms with Crippen molar-refractivity contribution < 1.29 is 23.5 Å². The molecule has 1 unspecified atom stereocenters. The van der Waals surface area contributed by atoms with Crippen molar-refractivity contribution in [2.45, 2.75) is 13.0 Å². The largest absolute Gasteiger partial charge is 0.449 e. The van der Waals surface area contributed by atoms with E-state index in [1.807, 2.05) is 17.5 Å². The molecule has 1 aliphatic heterocycles. The highest BCUT2D eigenvalue weighted by Crippen LogP contribution is 2.31. The van der Waals surface area contributed by atoms with Crippen LogP contribution in [0.5, 0.6) is 0 Å². The third kappa shape index (κ3) is 3.81. The zero-order valence-electron chi connectivity index (χ0n) is 17.0. The molecule has 2 aromatic heterocycles. The van der Waals surface area contributed by atoms with Gasteiger partial charge in [-0.05, 0) is 60.8 Å². The van der Waals surface area contributed by atoms with Crippen LogP contribution in [-0.2, 0) is 4.74 Å². The molecule has 0 fully saturated rings. The van der Waals surface area contributed by atoms with Crippen LogP contribution in [-0.4, -0.2) is 28.0 Å². The Hall–Kier alpha value is -3.82. The lowest BCUT2D eigenvalue weighted by atomic mass is 10.1. The van der Waals surface area contributed by atoms with Crippen LogP contribution in [0, 0.1) is 0 Å². The molecule has 33 heavy (non-hydrogen) atoms. The lowest BCUT2D eigenvalue weighted by Crippen LogP contribution is -2.29. The molecule has 1 atom stereocenters. The van der Waals surface area contributed by atoms with Gasteiger partial charge < -0.3 is 9.15 Å². The summed E-state index contributed by atoms with van der Waals surface area (Å²) >= 11 is 7.34. The molecule has 164 valence electrons. The van der Waals surface area contributed by atoms with E-state index in [2.05, 4.69) is 10.2 Å². The molecule has 0 N–H and O–H groups in total. The SMILES string of the molecule is CC(OC(=O)c1ccc2c(c1)C(=O)N(c1ccc(Cl)cc1)C2=O)c1nnc(-c2cccs2)o1. The number of benzene rings is 2. The summed E-state index contributed by atoms with van der Waals surface area (Å²) in [5, 5.41) is 10.3. The van der Waals surface area contributed by atoms with Crippen LogP contribution in [0.25, 0.3) is 10.8 Å². The molecule has 0 aliphatic carbocycles. The van der Waals surface area contributed by atoms with Gasteiger partial charge in [0.05, 0.1) is 27.3 Å². The number of fused-ring (bicyclic) bond motifs is 1. The van der Waals surface area contributed by atoms with Gasteiger partial charge in [-0.25, -0.2) is 9.69 Å². The second kappa shape index (κ2) is 8.27. The molecule has 1 aliphatic rings. The normalized spacial score (nSPS) is 13.8. The molecule has 4 aromatic rings. The van der Waals surface area contributed by atoms with Gasteiger partial charge in [-0.1, -0.05) is 17.7 Å². The Morgan fingerprint density at radius 1 is 1.06 bits per heavy atom. The molecule has 2 aromatic carbocycles. The molecule has 0 saturated carbocycles. The van der Waals surface area contributed by atoms with E-state index in [4.69, 9.17) is 20.8 Å². The number of hydrogen-bond donors (Lipinski definition) is 0. The number of carbonyl (C=O) groups excluding carboxylic acids is 3. The molecule has 2 amide bonds. The monoisotopic (exact) mass is 479 g/mol. The van der Waals surface area contributed by atoms with Crippen LogP contribution in [0.15, 0.2) is 64.4 Å². The minimum atomic E-state index is -0.810. The fraction of sp³-hybridized carbons (Fsp3) is 0.0870. The topological polar surface area (TPSA) is 103 Å². The summed E-state index contributed by atoms with van der Waals surface area (Å²) < 4.78 is 11.0. The zero-order chi connectivity index (χ0) is 23.1. The molecule has 8 nitrogen and oxygen atoms in total. The second-order valence-corrected chi connectivity index (χ2v) is 8.54. The first-order valence-electron chi connectivity index (χ1n) is 9.79. The number of nitrogens with zero attached hydrogens (tertiary/aromatic N) is 3. The zero-order valence-corrected chi connectivity index (χ0v) is 18.6. The van der Waals surface area contributed by atoms with Crippen molar-refractivity contribution in [3.05, 3.63) is 87.6 Å². The Morgan fingerprint density at radius 2 is 1.82 bits per heavy atom. The van der Waals surface area contributed by atoms with E-state index in [1.54, 1.807) is 31.2 Å². The summed E-state index contributed by atoms with van der Waals surface area (Å²) in [7, 11) is 0. The highest BCUT2D eigenvalue weighted by Gasteiger charge is 2.37. The smallest absolute Gasteiger partial charge is 0.338 e. The lowest BCUT2D eigenvalue weighted by Gasteiger charge is -2.13. The van der Waals surface area contributed by atoms with Crippen LogP contribution in [0.1, 0.15) is 50.0 Å². The number of anilines is 1. The number of amides is 2. The fourth-order valence-electron chi connectivity index (χ4n) is 3.37. The van der Waals surface area contributed by atoms with Crippen molar-refractivity contribution in [3.8, 4) is 10.8 Å². The van der Waals surface area contributed by atoms with Gasteiger partial charge in [0.1, 0.15) is 0 Å². The van der Waals surface area contributed by atoms with Crippen molar-refractivity contribution >= 4 is 46.4 Å². The number of imide groups is 1. The number of carbonyl (C=O) groups is 3. The Kier molecular flexibility index (Phi) is 5.27. The van der Waals surface area contributed by atoms with Crippen molar-refractivity contribution in [1.29, 1.82) is 0 Å². The van der Waals surface area contributed by atoms with E-state index in [0.29, 0.717) is 16.6 Å². The number of rotatable bonds is 5. The number of aromatic nitrogens is 2. The minimum Gasteiger partial charge on any atom is -0.449 e. The number of ether oxygens (including phenoxy) is 1. The maximum absolute atomic E-state index is 12.9. The lowest BCUT2D eigenvalue weighted by molar-refractivity contribution is 0.0279. The maximum atomic E-state index is 12.9. The van der Waals surface area contributed by atoms with Crippen LogP contribution >= 0.6 is 22.9 Å². The third-order valence-electron chi connectivity index (χ3n) is 5.01. The predicted molar refractivity (Wildman–Crippen MR) is 120 cm³/mol. The average Bonchev–Trinajstić information content (AvgIpc) is 3.55. The molecule has 0 saturated heterocycles. The molecule has 0 spiro atoms. The third-order valence-corrected chi connectivity index (χ3v) is 6.12. The number of hydrogen-bond acceptors (Lipinski definition) is 8. The number of thiophene rings is 1. The van der Waals surface area contributed by atoms with Gasteiger partial charge in [-0.15, -0.1) is 21.5 Å². The first-order valence-corrected chi connectivity index (χ1v) is 11.0. The van der Waals surface area contributed by atoms with Crippen molar-refractivity contribution in [2.75, 3.05) is 4.90 Å². The minimum absolute atomic E-state index is 0.120. The van der Waals surface area contributed by atoms with E-state index < -0.39 is 23.9 Å². The van der Waals surface area contributed by atoms with Gasteiger partial charge in [-0.2, -0.15) is 0 Å². The van der Waals surface area contributed by atoms with Gasteiger partial charge in [0.15, 0.2) is 6.10 Å². The highest BCUT2D eigenvalue weighted by atomic mass is 35.5. The fourth-order valence-corrected chi connectivity index (χ4v) is 4.14. The van der Waals surface area contributed by atoms with Gasteiger partial charge in [0, 0.05) is 5.02 Å². The van der Waals surface area contributed by atoms with E-state index in [0.717, 1.165) is 9.78 Å². The summed E-state index contributed by atoms with van der Waals surface area (Å²) in [6.07, 6.45) is -0.810. The Labute approximate surface area is 196 Å².